The molecule has 0 saturated carbocycles. The molecule has 0 fully saturated rings. The molecule has 174 valence electrons. The lowest BCUT2D eigenvalue weighted by Gasteiger charge is -2.19. The second-order valence-electron chi connectivity index (χ2n) is 7.77. The van der Waals surface area contributed by atoms with Crippen LogP contribution in [0.2, 0.25) is 5.02 Å². The molecular weight excluding hydrogens is 458 g/mol. The molecule has 3 N–H and O–H groups in total. The van der Waals surface area contributed by atoms with Gasteiger partial charge in [-0.2, -0.15) is 0 Å². The minimum Gasteiger partial charge on any atom is -0.486 e. The third-order valence-electron chi connectivity index (χ3n) is 5.37. The smallest absolute Gasteiger partial charge is 0.181 e. The molecule has 0 saturated heterocycles. The zero-order valence-electron chi connectivity index (χ0n) is 18.1. The van der Waals surface area contributed by atoms with E-state index in [0.29, 0.717) is 41.1 Å². The molecule has 9 heteroatoms. The number of anilines is 2. The van der Waals surface area contributed by atoms with E-state index in [1.165, 1.54) is 0 Å². The van der Waals surface area contributed by atoms with Gasteiger partial charge in [-0.15, -0.1) is 0 Å². The lowest BCUT2D eigenvalue weighted by molar-refractivity contribution is 0.102. The van der Waals surface area contributed by atoms with Crippen molar-refractivity contribution in [2.75, 3.05) is 31.7 Å². The largest absolute Gasteiger partial charge is 0.486 e. The van der Waals surface area contributed by atoms with Crippen LogP contribution >= 0.6 is 11.6 Å². The molecule has 3 aromatic carbocycles. The van der Waals surface area contributed by atoms with Gasteiger partial charge < -0.3 is 29.5 Å². The maximum atomic E-state index is 9.40. The second kappa shape index (κ2) is 9.72. The van der Waals surface area contributed by atoms with E-state index in [9.17, 15) is 5.11 Å². The number of hydrogen-bond donors (Lipinski definition) is 3. The van der Waals surface area contributed by atoms with E-state index in [4.69, 9.17) is 30.7 Å². The van der Waals surface area contributed by atoms with E-state index in [1.54, 1.807) is 12.3 Å². The number of rotatable bonds is 7. The summed E-state index contributed by atoms with van der Waals surface area (Å²) >= 11 is 6.77. The normalized spacial score (nSPS) is 14.0. The van der Waals surface area contributed by atoms with Crippen molar-refractivity contribution in [2.24, 2.45) is 4.99 Å². The lowest BCUT2D eigenvalue weighted by atomic mass is 10.0. The maximum Gasteiger partial charge on any atom is 0.181 e. The number of aromatic nitrogens is 1. The van der Waals surface area contributed by atoms with Gasteiger partial charge in [-0.05, 0) is 41.5 Å². The number of nitrogens with zero attached hydrogens (tertiary/aromatic N) is 2. The number of hydrogen-bond acceptors (Lipinski definition) is 8. The van der Waals surface area contributed by atoms with Crippen molar-refractivity contribution in [1.82, 2.24) is 5.16 Å². The van der Waals surface area contributed by atoms with E-state index in [-0.39, 0.29) is 13.2 Å². The molecule has 1 aliphatic rings. The fourth-order valence-electron chi connectivity index (χ4n) is 3.65. The molecule has 0 aliphatic carbocycles. The summed E-state index contributed by atoms with van der Waals surface area (Å²) in [5, 5.41) is 27.0. The van der Waals surface area contributed by atoms with Crippen LogP contribution in [0.1, 0.15) is 5.56 Å². The van der Waals surface area contributed by atoms with E-state index >= 15 is 0 Å². The van der Waals surface area contributed by atoms with Crippen LogP contribution in [-0.4, -0.2) is 54.1 Å². The van der Waals surface area contributed by atoms with E-state index < -0.39 is 6.10 Å². The summed E-state index contributed by atoms with van der Waals surface area (Å²) < 4.78 is 16.8. The standard InChI is InChI=1S/C25H22ClN3O5/c26-24-18(16-5-7-21-23(11-16)33-9-8-32-21)2-1-3-20(24)28-25-19-6-4-15(10-22(19)34-29-25)12-27-13-17(31)14-30/h1-7,10-12,17,30-31H,8-9,13-14H2,(H,28,29). The van der Waals surface area contributed by atoms with E-state index in [1.807, 2.05) is 48.5 Å². The number of fused-ring (bicyclic) bond motifs is 2. The van der Waals surface area contributed by atoms with Crippen molar-refractivity contribution in [3.8, 4) is 22.6 Å². The molecular formula is C25H22ClN3O5. The number of nitrogens with one attached hydrogen (secondary N) is 1. The molecule has 1 aromatic heterocycles. The summed E-state index contributed by atoms with van der Waals surface area (Å²) in [6, 6.07) is 17.0. The molecule has 0 bridgehead atoms. The Hall–Kier alpha value is -3.59. The van der Waals surface area contributed by atoms with Crippen LogP contribution in [0.5, 0.6) is 11.5 Å². The summed E-state index contributed by atoms with van der Waals surface area (Å²) in [7, 11) is 0. The Balaban J connectivity index is 1.39. The van der Waals surface area contributed by atoms with Gasteiger partial charge in [-0.1, -0.05) is 41.0 Å². The van der Waals surface area contributed by atoms with Gasteiger partial charge in [0.25, 0.3) is 0 Å². The highest BCUT2D eigenvalue weighted by Gasteiger charge is 2.16. The van der Waals surface area contributed by atoms with Crippen LogP contribution < -0.4 is 14.8 Å². The van der Waals surface area contributed by atoms with E-state index in [0.717, 1.165) is 27.8 Å². The number of ether oxygens (including phenoxy) is 2. The highest BCUT2D eigenvalue weighted by atomic mass is 35.5. The fourth-order valence-corrected chi connectivity index (χ4v) is 3.93. The Labute approximate surface area is 200 Å². The Morgan fingerprint density at radius 1 is 1.09 bits per heavy atom. The maximum absolute atomic E-state index is 9.40. The summed E-state index contributed by atoms with van der Waals surface area (Å²) in [5.41, 5.74) is 3.82. The first-order valence-electron chi connectivity index (χ1n) is 10.8. The number of aliphatic hydroxyl groups excluding tert-OH is 2. The third-order valence-corrected chi connectivity index (χ3v) is 5.78. The highest BCUT2D eigenvalue weighted by molar-refractivity contribution is 6.36. The van der Waals surface area contributed by atoms with Crippen molar-refractivity contribution >= 4 is 40.3 Å². The van der Waals surface area contributed by atoms with Crippen molar-refractivity contribution < 1.29 is 24.2 Å². The third kappa shape index (κ3) is 4.56. The van der Waals surface area contributed by atoms with Crippen LogP contribution in [0, 0.1) is 0 Å². The molecule has 8 nitrogen and oxygen atoms in total. The number of aliphatic imine (C=N–C) groups is 1. The van der Waals surface area contributed by atoms with Crippen molar-refractivity contribution in [2.45, 2.75) is 6.10 Å². The van der Waals surface area contributed by atoms with Crippen LogP contribution in [0.15, 0.2) is 64.1 Å². The van der Waals surface area contributed by atoms with Crippen LogP contribution in [0.3, 0.4) is 0 Å². The Morgan fingerprint density at radius 3 is 2.79 bits per heavy atom. The van der Waals surface area contributed by atoms with Crippen LogP contribution in [0.4, 0.5) is 11.5 Å². The minimum atomic E-state index is -0.872. The number of aliphatic hydroxyl groups is 2. The van der Waals surface area contributed by atoms with Crippen LogP contribution in [0.25, 0.3) is 22.1 Å². The first kappa shape index (κ1) is 22.2. The number of benzene rings is 3. The SMILES string of the molecule is OCC(O)CN=Cc1ccc2c(Nc3cccc(-c4ccc5c(c4)OCCO5)c3Cl)noc2c1. The first-order chi connectivity index (χ1) is 16.6. The van der Waals surface area contributed by atoms with Crippen molar-refractivity contribution in [3.63, 3.8) is 0 Å². The second-order valence-corrected chi connectivity index (χ2v) is 8.15. The molecule has 4 aromatic rings. The molecule has 2 heterocycles. The predicted molar refractivity (Wildman–Crippen MR) is 131 cm³/mol. The summed E-state index contributed by atoms with van der Waals surface area (Å²) in [4.78, 5) is 4.12. The van der Waals surface area contributed by atoms with Gasteiger partial charge in [-0.25, -0.2) is 0 Å². The topological polar surface area (TPSA) is 109 Å². The molecule has 34 heavy (non-hydrogen) atoms. The van der Waals surface area contributed by atoms with Gasteiger partial charge in [-0.3, -0.25) is 4.99 Å². The Bertz CT molecular complexity index is 1350. The first-order valence-corrected chi connectivity index (χ1v) is 11.1. The zero-order valence-corrected chi connectivity index (χ0v) is 18.8. The minimum absolute atomic E-state index is 0.121. The molecule has 0 amide bonds. The average molecular weight is 480 g/mol. The molecule has 0 spiro atoms. The Kier molecular flexibility index (Phi) is 6.35. The molecule has 1 atom stereocenters. The van der Waals surface area contributed by atoms with Gasteiger partial charge in [0.05, 0.1) is 35.4 Å². The van der Waals surface area contributed by atoms with E-state index in [2.05, 4.69) is 15.5 Å². The molecule has 1 unspecified atom stereocenters. The molecule has 1 aliphatic heterocycles. The van der Waals surface area contributed by atoms with Gasteiger partial charge >= 0.3 is 0 Å². The summed E-state index contributed by atoms with van der Waals surface area (Å²) in [6.07, 6.45) is 0.741. The van der Waals surface area contributed by atoms with Crippen molar-refractivity contribution in [3.05, 3.63) is 65.2 Å². The van der Waals surface area contributed by atoms with Crippen molar-refractivity contribution in [1.29, 1.82) is 0 Å². The zero-order chi connectivity index (χ0) is 23.5. The van der Waals surface area contributed by atoms with Gasteiger partial charge in [0.15, 0.2) is 22.9 Å². The van der Waals surface area contributed by atoms with Crippen LogP contribution in [-0.2, 0) is 0 Å². The highest BCUT2D eigenvalue weighted by Crippen LogP contribution is 2.40. The predicted octanol–water partition coefficient (Wildman–Crippen LogP) is 4.44. The lowest BCUT2D eigenvalue weighted by Crippen LogP contribution is -2.15. The van der Waals surface area contributed by atoms with Gasteiger partial charge in [0, 0.05) is 11.8 Å². The summed E-state index contributed by atoms with van der Waals surface area (Å²) in [5.74, 6) is 1.96. The van der Waals surface area contributed by atoms with Gasteiger partial charge in [0.1, 0.15) is 13.2 Å². The molecule has 5 rings (SSSR count). The monoisotopic (exact) mass is 479 g/mol. The summed E-state index contributed by atoms with van der Waals surface area (Å²) in [6.45, 7) is 0.852. The quantitative estimate of drug-likeness (QED) is 0.336. The molecule has 0 radical (unpaired) electrons. The average Bonchev–Trinajstić information content (AvgIpc) is 3.26. The van der Waals surface area contributed by atoms with Gasteiger partial charge in [0.2, 0.25) is 0 Å². The fraction of sp³-hybridized carbons (Fsp3) is 0.200. The number of halogens is 1. The Morgan fingerprint density at radius 2 is 1.94 bits per heavy atom.